The molecular formula is C18H28BrNO5. The molecule has 0 amide bonds. The van der Waals surface area contributed by atoms with Crippen LogP contribution in [0.5, 0.6) is 17.4 Å². The number of halogens is 1. The van der Waals surface area contributed by atoms with E-state index in [1.54, 1.807) is 0 Å². The van der Waals surface area contributed by atoms with E-state index in [-0.39, 0.29) is 27.5 Å². The molecule has 0 aliphatic rings. The SMILES string of the molecule is CCCCOC(=O)c1c(OCCCC)nc(Br)c(O)c1OCCCC. The normalized spacial score (nSPS) is 10.6. The number of rotatable bonds is 12. The Balaban J connectivity index is 3.16. The first-order valence-electron chi connectivity index (χ1n) is 8.91. The first kappa shape index (κ1) is 21.5. The first-order valence-corrected chi connectivity index (χ1v) is 9.71. The molecule has 7 heteroatoms. The lowest BCUT2D eigenvalue weighted by atomic mass is 10.2. The summed E-state index contributed by atoms with van der Waals surface area (Å²) in [6.45, 7) is 7.19. The van der Waals surface area contributed by atoms with Crippen LogP contribution in [-0.2, 0) is 4.74 Å². The summed E-state index contributed by atoms with van der Waals surface area (Å²) in [6, 6.07) is 0. The Bertz CT molecular complexity index is 551. The number of hydrogen-bond acceptors (Lipinski definition) is 6. The maximum absolute atomic E-state index is 12.5. The van der Waals surface area contributed by atoms with Crippen LogP contribution in [0.2, 0.25) is 0 Å². The number of aromatic hydroxyl groups is 1. The Kier molecular flexibility index (Phi) is 10.3. The van der Waals surface area contributed by atoms with E-state index < -0.39 is 5.97 Å². The average molecular weight is 418 g/mol. The summed E-state index contributed by atoms with van der Waals surface area (Å²) in [7, 11) is 0. The smallest absolute Gasteiger partial charge is 0.347 e. The minimum absolute atomic E-state index is 0.0454. The molecule has 0 aliphatic carbocycles. The van der Waals surface area contributed by atoms with Gasteiger partial charge in [0, 0.05) is 0 Å². The van der Waals surface area contributed by atoms with Gasteiger partial charge in [-0.05, 0) is 35.2 Å². The van der Waals surface area contributed by atoms with Crippen LogP contribution in [-0.4, -0.2) is 35.9 Å². The van der Waals surface area contributed by atoms with Crippen LogP contribution in [0.4, 0.5) is 0 Å². The number of hydrogen-bond donors (Lipinski definition) is 1. The quantitative estimate of drug-likeness (QED) is 0.297. The average Bonchev–Trinajstić information content (AvgIpc) is 2.59. The summed E-state index contributed by atoms with van der Waals surface area (Å²) in [6.07, 6.45) is 5.20. The van der Waals surface area contributed by atoms with Crippen molar-refractivity contribution in [1.82, 2.24) is 4.98 Å². The molecule has 0 spiro atoms. The Morgan fingerprint density at radius 2 is 1.56 bits per heavy atom. The molecule has 25 heavy (non-hydrogen) atoms. The van der Waals surface area contributed by atoms with Crippen molar-refractivity contribution in [3.8, 4) is 17.4 Å². The van der Waals surface area contributed by atoms with Gasteiger partial charge in [-0.1, -0.05) is 40.0 Å². The van der Waals surface area contributed by atoms with Crippen LogP contribution < -0.4 is 9.47 Å². The molecule has 1 N–H and O–H groups in total. The van der Waals surface area contributed by atoms with Gasteiger partial charge in [0.1, 0.15) is 0 Å². The monoisotopic (exact) mass is 417 g/mol. The molecule has 1 heterocycles. The standard InChI is InChI=1S/C18H28BrNO5/c1-4-7-10-23-15-13(18(22)25-12-9-6-3)17(24-11-8-5-2)20-16(19)14(15)21/h21H,4-12H2,1-3H3. The molecule has 0 aromatic carbocycles. The highest BCUT2D eigenvalue weighted by Gasteiger charge is 2.27. The highest BCUT2D eigenvalue weighted by atomic mass is 79.9. The third-order valence-electron chi connectivity index (χ3n) is 3.47. The molecule has 1 rings (SSSR count). The molecule has 142 valence electrons. The fraction of sp³-hybridized carbons (Fsp3) is 0.667. The predicted molar refractivity (Wildman–Crippen MR) is 99.6 cm³/mol. The summed E-state index contributed by atoms with van der Waals surface area (Å²) >= 11 is 3.19. The van der Waals surface area contributed by atoms with Crippen molar-refractivity contribution >= 4 is 21.9 Å². The second-order valence-electron chi connectivity index (χ2n) is 5.65. The molecule has 0 fully saturated rings. The number of ether oxygens (including phenoxy) is 3. The fourth-order valence-corrected chi connectivity index (χ4v) is 2.29. The third kappa shape index (κ3) is 6.72. The van der Waals surface area contributed by atoms with Crippen LogP contribution in [0.15, 0.2) is 4.60 Å². The molecule has 6 nitrogen and oxygen atoms in total. The maximum Gasteiger partial charge on any atom is 0.347 e. The molecule has 0 atom stereocenters. The van der Waals surface area contributed by atoms with Crippen LogP contribution >= 0.6 is 15.9 Å². The van der Waals surface area contributed by atoms with Crippen molar-refractivity contribution < 1.29 is 24.1 Å². The van der Waals surface area contributed by atoms with E-state index in [1.165, 1.54) is 0 Å². The Morgan fingerprint density at radius 3 is 2.16 bits per heavy atom. The topological polar surface area (TPSA) is 77.9 Å². The van der Waals surface area contributed by atoms with Crippen LogP contribution in [0.25, 0.3) is 0 Å². The number of nitrogens with zero attached hydrogens (tertiary/aromatic N) is 1. The van der Waals surface area contributed by atoms with Gasteiger partial charge in [-0.2, -0.15) is 0 Å². The summed E-state index contributed by atoms with van der Waals surface area (Å²) in [5.74, 6) is -0.641. The number of pyridine rings is 1. The van der Waals surface area contributed by atoms with Crippen molar-refractivity contribution in [3.63, 3.8) is 0 Å². The van der Waals surface area contributed by atoms with Gasteiger partial charge in [0.2, 0.25) is 5.88 Å². The van der Waals surface area contributed by atoms with Crippen molar-refractivity contribution in [3.05, 3.63) is 10.2 Å². The number of unbranched alkanes of at least 4 members (excludes halogenated alkanes) is 3. The van der Waals surface area contributed by atoms with Crippen LogP contribution in [0.3, 0.4) is 0 Å². The summed E-state index contributed by atoms with van der Waals surface area (Å²) in [5.41, 5.74) is 0.0454. The highest BCUT2D eigenvalue weighted by Crippen LogP contribution is 2.41. The molecule has 0 bridgehead atoms. The van der Waals surface area contributed by atoms with Gasteiger partial charge < -0.3 is 19.3 Å². The van der Waals surface area contributed by atoms with E-state index in [4.69, 9.17) is 14.2 Å². The van der Waals surface area contributed by atoms with Gasteiger partial charge in [-0.3, -0.25) is 0 Å². The van der Waals surface area contributed by atoms with Gasteiger partial charge in [0.05, 0.1) is 19.8 Å². The molecule has 1 aromatic rings. The second-order valence-corrected chi connectivity index (χ2v) is 6.41. The second kappa shape index (κ2) is 12.0. The molecule has 0 saturated carbocycles. The maximum atomic E-state index is 12.5. The van der Waals surface area contributed by atoms with E-state index in [2.05, 4.69) is 20.9 Å². The van der Waals surface area contributed by atoms with E-state index >= 15 is 0 Å². The fourth-order valence-electron chi connectivity index (χ4n) is 1.95. The molecule has 0 radical (unpaired) electrons. The minimum atomic E-state index is -0.596. The lowest BCUT2D eigenvalue weighted by Gasteiger charge is -2.17. The van der Waals surface area contributed by atoms with E-state index in [1.807, 2.05) is 20.8 Å². The lowest BCUT2D eigenvalue weighted by molar-refractivity contribution is 0.0487. The van der Waals surface area contributed by atoms with E-state index in [0.29, 0.717) is 19.8 Å². The molecule has 1 aromatic heterocycles. The molecular weight excluding hydrogens is 390 g/mol. The number of carbonyl (C=O) groups excluding carboxylic acids is 1. The highest BCUT2D eigenvalue weighted by molar-refractivity contribution is 9.10. The zero-order valence-electron chi connectivity index (χ0n) is 15.3. The lowest BCUT2D eigenvalue weighted by Crippen LogP contribution is -2.14. The predicted octanol–water partition coefficient (Wildman–Crippen LogP) is 4.86. The van der Waals surface area contributed by atoms with Crippen molar-refractivity contribution in [2.75, 3.05) is 19.8 Å². The van der Waals surface area contributed by atoms with Gasteiger partial charge >= 0.3 is 5.97 Å². The van der Waals surface area contributed by atoms with Crippen LogP contribution in [0.1, 0.15) is 69.7 Å². The number of esters is 1. The number of aromatic nitrogens is 1. The number of carbonyl (C=O) groups is 1. The van der Waals surface area contributed by atoms with Gasteiger partial charge in [-0.25, -0.2) is 9.78 Å². The van der Waals surface area contributed by atoms with Gasteiger partial charge in [0.15, 0.2) is 21.7 Å². The Labute approximate surface area is 158 Å². The third-order valence-corrected chi connectivity index (χ3v) is 4.02. The first-order chi connectivity index (χ1) is 12.1. The summed E-state index contributed by atoms with van der Waals surface area (Å²) in [4.78, 5) is 16.7. The summed E-state index contributed by atoms with van der Waals surface area (Å²) < 4.78 is 16.8. The molecule has 0 aliphatic heterocycles. The zero-order chi connectivity index (χ0) is 18.7. The van der Waals surface area contributed by atoms with E-state index in [9.17, 15) is 9.90 Å². The van der Waals surface area contributed by atoms with Gasteiger partial charge in [-0.15, -0.1) is 0 Å². The van der Waals surface area contributed by atoms with Crippen LogP contribution in [0, 0.1) is 0 Å². The molecule has 0 unspecified atom stereocenters. The van der Waals surface area contributed by atoms with Gasteiger partial charge in [0.25, 0.3) is 0 Å². The zero-order valence-corrected chi connectivity index (χ0v) is 16.9. The molecule has 0 saturated heterocycles. The minimum Gasteiger partial charge on any atom is -0.502 e. The van der Waals surface area contributed by atoms with Crippen molar-refractivity contribution in [2.24, 2.45) is 0 Å². The Morgan fingerprint density at radius 1 is 1.00 bits per heavy atom. The van der Waals surface area contributed by atoms with Crippen molar-refractivity contribution in [2.45, 2.75) is 59.3 Å². The van der Waals surface area contributed by atoms with E-state index in [0.717, 1.165) is 38.5 Å². The summed E-state index contributed by atoms with van der Waals surface area (Å²) in [5, 5.41) is 10.3. The Hall–Kier alpha value is -1.50. The van der Waals surface area contributed by atoms with Crippen molar-refractivity contribution in [1.29, 1.82) is 0 Å². The largest absolute Gasteiger partial charge is 0.502 e.